The molecule has 53 heavy (non-hydrogen) atoms. The molecule has 7 aromatic rings. The van der Waals surface area contributed by atoms with Gasteiger partial charge in [0.2, 0.25) is 0 Å². The van der Waals surface area contributed by atoms with Gasteiger partial charge >= 0.3 is 0 Å². The SMILES string of the molecule is Cc1cccc(N(c2ccccc2)c2ccc3c(c2)C([Si](C)(C)C)([Si](C)(C)C)c2c-3ccc3cc(N(c4ccccc4)c4cccc(C)c4)ccc23)c1. The lowest BCUT2D eigenvalue weighted by molar-refractivity contribution is 0.961. The number of anilines is 6. The van der Waals surface area contributed by atoms with E-state index < -0.39 is 16.1 Å². The van der Waals surface area contributed by atoms with Crippen LogP contribution in [0.15, 0.2) is 158 Å². The van der Waals surface area contributed by atoms with Crippen LogP contribution in [0.5, 0.6) is 0 Å². The molecule has 0 spiro atoms. The fourth-order valence-electron chi connectivity index (χ4n) is 9.70. The van der Waals surface area contributed by atoms with Crippen LogP contribution in [0.4, 0.5) is 34.1 Å². The predicted molar refractivity (Wildman–Crippen MR) is 236 cm³/mol. The number of nitrogens with zero attached hydrogens (tertiary/aromatic N) is 2. The molecule has 0 heterocycles. The van der Waals surface area contributed by atoms with E-state index in [2.05, 4.69) is 221 Å². The Labute approximate surface area is 318 Å². The number of aryl methyl sites for hydroxylation is 2. The molecule has 0 saturated heterocycles. The maximum Gasteiger partial charge on any atom is 0.0579 e. The van der Waals surface area contributed by atoms with Crippen LogP contribution in [-0.2, 0) is 4.66 Å². The highest BCUT2D eigenvalue weighted by Crippen LogP contribution is 2.60. The summed E-state index contributed by atoms with van der Waals surface area (Å²) in [6.07, 6.45) is 0. The normalized spacial score (nSPS) is 13.4. The van der Waals surface area contributed by atoms with E-state index in [0.29, 0.717) is 0 Å². The van der Waals surface area contributed by atoms with Crippen LogP contribution < -0.4 is 9.80 Å². The molecule has 4 heteroatoms. The zero-order chi connectivity index (χ0) is 37.1. The Morgan fingerprint density at radius 2 is 0.849 bits per heavy atom. The Balaban J connectivity index is 1.37. The molecule has 0 saturated carbocycles. The first-order valence-electron chi connectivity index (χ1n) is 18.9. The molecular formula is C49H50N2Si2. The van der Waals surface area contributed by atoms with Gasteiger partial charge in [-0.05, 0) is 131 Å². The van der Waals surface area contributed by atoms with Crippen LogP contribution in [0, 0.1) is 13.8 Å². The predicted octanol–water partition coefficient (Wildman–Crippen LogP) is 14.4. The lowest BCUT2D eigenvalue weighted by Gasteiger charge is -2.51. The fourth-order valence-corrected chi connectivity index (χ4v) is 22.8. The first-order valence-corrected chi connectivity index (χ1v) is 25.9. The molecule has 7 aromatic carbocycles. The number of rotatable bonds is 8. The summed E-state index contributed by atoms with van der Waals surface area (Å²) in [6, 6.07) is 58.8. The number of benzene rings is 7. The minimum atomic E-state index is -1.97. The zero-order valence-electron chi connectivity index (χ0n) is 32.4. The van der Waals surface area contributed by atoms with Gasteiger partial charge in [0.1, 0.15) is 0 Å². The van der Waals surface area contributed by atoms with Crippen LogP contribution in [0.3, 0.4) is 0 Å². The van der Waals surface area contributed by atoms with Gasteiger partial charge in [0.15, 0.2) is 0 Å². The van der Waals surface area contributed by atoms with E-state index in [9.17, 15) is 0 Å². The van der Waals surface area contributed by atoms with Crippen molar-refractivity contribution in [1.82, 2.24) is 0 Å². The molecule has 0 atom stereocenters. The number of fused-ring (bicyclic) bond motifs is 5. The van der Waals surface area contributed by atoms with Crippen molar-refractivity contribution in [2.45, 2.75) is 57.8 Å². The van der Waals surface area contributed by atoms with Gasteiger partial charge in [-0.1, -0.05) is 124 Å². The van der Waals surface area contributed by atoms with Gasteiger partial charge in [-0.25, -0.2) is 0 Å². The summed E-state index contributed by atoms with van der Waals surface area (Å²) < 4.78 is -0.0215. The third kappa shape index (κ3) is 5.76. The summed E-state index contributed by atoms with van der Waals surface area (Å²) in [4.78, 5) is 4.84. The topological polar surface area (TPSA) is 6.48 Å². The summed E-state index contributed by atoms with van der Waals surface area (Å²) in [6.45, 7) is 20.1. The third-order valence-corrected chi connectivity index (χ3v) is 21.4. The maximum absolute atomic E-state index is 2.62. The van der Waals surface area contributed by atoms with E-state index in [1.165, 1.54) is 67.0 Å². The maximum atomic E-state index is 2.62. The first-order chi connectivity index (χ1) is 25.4. The molecule has 2 nitrogen and oxygen atoms in total. The molecule has 8 rings (SSSR count). The highest BCUT2D eigenvalue weighted by molar-refractivity contribution is 7.00. The Bertz CT molecular complexity index is 2440. The number of hydrogen-bond acceptors (Lipinski definition) is 2. The van der Waals surface area contributed by atoms with Gasteiger partial charge in [0, 0.05) is 38.8 Å². The van der Waals surface area contributed by atoms with E-state index in [1.54, 1.807) is 5.56 Å². The molecule has 0 radical (unpaired) electrons. The fraction of sp³-hybridized carbons (Fsp3) is 0.184. The molecule has 0 aromatic heterocycles. The number of para-hydroxylation sites is 2. The van der Waals surface area contributed by atoms with E-state index in [-0.39, 0.29) is 4.66 Å². The first kappa shape index (κ1) is 34.9. The summed E-state index contributed by atoms with van der Waals surface area (Å²) >= 11 is 0. The van der Waals surface area contributed by atoms with Gasteiger partial charge in [-0.3, -0.25) is 0 Å². The zero-order valence-corrected chi connectivity index (χ0v) is 34.4. The van der Waals surface area contributed by atoms with E-state index in [0.717, 1.165) is 5.69 Å². The Kier molecular flexibility index (Phi) is 8.59. The second-order valence-corrected chi connectivity index (χ2v) is 27.9. The largest absolute Gasteiger partial charge is 0.310 e. The van der Waals surface area contributed by atoms with Crippen molar-refractivity contribution in [2.75, 3.05) is 9.80 Å². The van der Waals surface area contributed by atoms with Crippen molar-refractivity contribution >= 4 is 61.0 Å². The Morgan fingerprint density at radius 1 is 0.396 bits per heavy atom. The average molecular weight is 723 g/mol. The third-order valence-electron chi connectivity index (χ3n) is 11.4. The van der Waals surface area contributed by atoms with Gasteiger partial charge in [-0.15, -0.1) is 0 Å². The second-order valence-electron chi connectivity index (χ2n) is 16.9. The minimum absolute atomic E-state index is 0.0215. The molecule has 0 N–H and O–H groups in total. The van der Waals surface area contributed by atoms with Crippen molar-refractivity contribution in [2.24, 2.45) is 0 Å². The van der Waals surface area contributed by atoms with E-state index in [1.807, 2.05) is 0 Å². The highest BCUT2D eigenvalue weighted by Gasteiger charge is 2.59. The monoisotopic (exact) mass is 722 g/mol. The molecule has 0 bridgehead atoms. The standard InChI is InChI=1S/C49H50N2Si2/c1-35-17-15-23-40(31-35)50(38-19-11-9-12-20-38)42-26-29-44-37(33-42)25-28-46-45-30-27-43(34-47(45)49(48(44)46,52(3,4)5)53(6,7)8)51(39-21-13-10-14-22-39)41-24-16-18-36(2)32-41/h9-34H,1-8H3. The summed E-state index contributed by atoms with van der Waals surface area (Å²) in [7, 11) is -3.94. The summed E-state index contributed by atoms with van der Waals surface area (Å²) in [5.74, 6) is 0. The second kappa shape index (κ2) is 13.0. The molecule has 264 valence electrons. The molecule has 1 aliphatic carbocycles. The van der Waals surface area contributed by atoms with Gasteiger partial charge in [0.25, 0.3) is 0 Å². The lowest BCUT2D eigenvalue weighted by atomic mass is 9.98. The Hall–Kier alpha value is -5.17. The lowest BCUT2D eigenvalue weighted by Crippen LogP contribution is -2.63. The van der Waals surface area contributed by atoms with Crippen molar-refractivity contribution in [3.8, 4) is 11.1 Å². The molecule has 0 unspecified atom stereocenters. The summed E-state index contributed by atoms with van der Waals surface area (Å²) in [5.41, 5.74) is 15.5. The smallest absolute Gasteiger partial charge is 0.0579 e. The van der Waals surface area contributed by atoms with Gasteiger partial charge < -0.3 is 9.80 Å². The van der Waals surface area contributed by atoms with Crippen LogP contribution in [0.2, 0.25) is 39.3 Å². The quantitative estimate of drug-likeness (QED) is 0.144. The van der Waals surface area contributed by atoms with Crippen LogP contribution in [0.25, 0.3) is 21.9 Å². The van der Waals surface area contributed by atoms with Gasteiger partial charge in [-0.2, -0.15) is 0 Å². The molecule has 0 fully saturated rings. The van der Waals surface area contributed by atoms with Crippen LogP contribution in [-0.4, -0.2) is 16.1 Å². The number of hydrogen-bond donors (Lipinski definition) is 0. The van der Waals surface area contributed by atoms with Crippen LogP contribution >= 0.6 is 0 Å². The molecule has 0 amide bonds. The molecule has 0 aliphatic heterocycles. The van der Waals surface area contributed by atoms with E-state index >= 15 is 0 Å². The minimum Gasteiger partial charge on any atom is -0.310 e. The summed E-state index contributed by atoms with van der Waals surface area (Å²) in [5, 5.41) is 2.69. The van der Waals surface area contributed by atoms with Crippen LogP contribution in [0.1, 0.15) is 22.3 Å². The van der Waals surface area contributed by atoms with Gasteiger partial charge in [0.05, 0.1) is 16.1 Å². The van der Waals surface area contributed by atoms with Crippen molar-refractivity contribution in [3.63, 3.8) is 0 Å². The molecular weight excluding hydrogens is 673 g/mol. The Morgan fingerprint density at radius 3 is 1.36 bits per heavy atom. The average Bonchev–Trinajstić information content (AvgIpc) is 3.45. The van der Waals surface area contributed by atoms with Crippen molar-refractivity contribution < 1.29 is 0 Å². The molecule has 1 aliphatic rings. The van der Waals surface area contributed by atoms with Crippen molar-refractivity contribution in [1.29, 1.82) is 0 Å². The van der Waals surface area contributed by atoms with Crippen molar-refractivity contribution in [3.05, 3.63) is 180 Å². The van der Waals surface area contributed by atoms with E-state index in [4.69, 9.17) is 0 Å². The highest BCUT2D eigenvalue weighted by atomic mass is 28.4.